The van der Waals surface area contributed by atoms with Gasteiger partial charge in [-0.2, -0.15) is 0 Å². The number of aliphatic hydroxyl groups is 1. The Morgan fingerprint density at radius 2 is 1.97 bits per heavy atom. The van der Waals surface area contributed by atoms with Crippen molar-refractivity contribution in [3.63, 3.8) is 0 Å². The third-order valence-electron chi connectivity index (χ3n) is 7.82. The minimum Gasteiger partial charge on any atom is -0.508 e. The molecule has 5 nitrogen and oxygen atoms in total. The lowest BCUT2D eigenvalue weighted by Gasteiger charge is -2.56. The molecule has 0 spiro atoms. The molecule has 2 fully saturated rings. The minimum atomic E-state index is -0.536. The number of carbonyl (C=O) groups is 1. The molecule has 35 heavy (non-hydrogen) atoms. The zero-order chi connectivity index (χ0) is 25.3. The maximum absolute atomic E-state index is 13.7. The normalized spacial score (nSPS) is 27.0. The van der Waals surface area contributed by atoms with Gasteiger partial charge in [-0.05, 0) is 74.2 Å². The molecule has 4 unspecified atom stereocenters. The summed E-state index contributed by atoms with van der Waals surface area (Å²) >= 11 is 12.3. The number of phenolic OH excluding ortho intramolecular Hbond substituents is 1. The number of carbonyl (C=O) groups excluding carboxylic acids is 1. The van der Waals surface area contributed by atoms with Crippen molar-refractivity contribution >= 4 is 29.1 Å². The van der Waals surface area contributed by atoms with Crippen LogP contribution in [0.2, 0.25) is 10.0 Å². The largest absolute Gasteiger partial charge is 0.508 e. The van der Waals surface area contributed by atoms with Gasteiger partial charge in [0, 0.05) is 30.5 Å². The first-order valence-corrected chi connectivity index (χ1v) is 13.2. The van der Waals surface area contributed by atoms with Crippen molar-refractivity contribution in [1.82, 2.24) is 9.80 Å². The van der Waals surface area contributed by atoms with E-state index < -0.39 is 6.10 Å². The molecule has 1 heterocycles. The van der Waals surface area contributed by atoms with Gasteiger partial charge >= 0.3 is 0 Å². The van der Waals surface area contributed by atoms with Crippen molar-refractivity contribution in [2.24, 2.45) is 11.8 Å². The zero-order valence-corrected chi connectivity index (χ0v) is 22.3. The molecule has 4 atom stereocenters. The van der Waals surface area contributed by atoms with E-state index in [0.717, 1.165) is 37.1 Å². The van der Waals surface area contributed by atoms with Crippen LogP contribution in [0.5, 0.6) is 5.75 Å². The second-order valence-electron chi connectivity index (χ2n) is 10.9. The predicted octanol–water partition coefficient (Wildman–Crippen LogP) is 5.14. The molecule has 4 rings (SSSR count). The molecule has 1 aliphatic carbocycles. The zero-order valence-electron chi connectivity index (χ0n) is 20.8. The third kappa shape index (κ3) is 5.64. The van der Waals surface area contributed by atoms with Gasteiger partial charge in [0.1, 0.15) is 5.75 Å². The van der Waals surface area contributed by atoms with Crippen LogP contribution in [0.15, 0.2) is 42.5 Å². The lowest BCUT2D eigenvalue weighted by Crippen LogP contribution is -2.61. The number of benzene rings is 2. The number of aromatic hydroxyl groups is 1. The molecule has 2 aromatic rings. The Balaban J connectivity index is 1.67. The fourth-order valence-electron chi connectivity index (χ4n) is 6.17. The van der Waals surface area contributed by atoms with Crippen LogP contribution in [0.1, 0.15) is 44.2 Å². The third-order valence-corrected chi connectivity index (χ3v) is 8.56. The van der Waals surface area contributed by atoms with Crippen molar-refractivity contribution in [3.8, 4) is 5.75 Å². The summed E-state index contributed by atoms with van der Waals surface area (Å²) in [6, 6.07) is 12.7. The summed E-state index contributed by atoms with van der Waals surface area (Å²) in [6.07, 6.45) is 1.90. The summed E-state index contributed by atoms with van der Waals surface area (Å²) in [4.78, 5) is 17.9. The monoisotopic (exact) mass is 518 g/mol. The number of rotatable bonds is 6. The Morgan fingerprint density at radius 1 is 1.20 bits per heavy atom. The molecule has 2 aliphatic rings. The molecule has 7 heteroatoms. The average molecular weight is 520 g/mol. The van der Waals surface area contributed by atoms with Crippen LogP contribution in [0, 0.1) is 11.8 Å². The minimum absolute atomic E-state index is 0.0340. The number of halogens is 2. The van der Waals surface area contributed by atoms with E-state index in [2.05, 4.69) is 31.9 Å². The van der Waals surface area contributed by atoms with E-state index in [1.54, 1.807) is 18.2 Å². The maximum Gasteiger partial charge on any atom is 0.227 e. The van der Waals surface area contributed by atoms with Crippen molar-refractivity contribution in [2.75, 3.05) is 26.7 Å². The van der Waals surface area contributed by atoms with Gasteiger partial charge in [0.15, 0.2) is 0 Å². The van der Waals surface area contributed by atoms with Crippen LogP contribution in [-0.4, -0.2) is 64.7 Å². The van der Waals surface area contributed by atoms with Crippen molar-refractivity contribution < 1.29 is 15.0 Å². The fourth-order valence-corrected chi connectivity index (χ4v) is 6.49. The Morgan fingerprint density at radius 3 is 2.66 bits per heavy atom. The molecule has 1 amide bonds. The van der Waals surface area contributed by atoms with E-state index in [9.17, 15) is 15.0 Å². The highest BCUT2D eigenvalue weighted by Gasteiger charge is 2.53. The van der Waals surface area contributed by atoms with E-state index in [4.69, 9.17) is 23.2 Å². The molecule has 0 aromatic heterocycles. The Labute approximate surface area is 218 Å². The molecule has 2 aromatic carbocycles. The van der Waals surface area contributed by atoms with Gasteiger partial charge in [-0.15, -0.1) is 0 Å². The quantitative estimate of drug-likeness (QED) is 0.555. The van der Waals surface area contributed by atoms with Crippen molar-refractivity contribution in [3.05, 3.63) is 63.6 Å². The Bertz CT molecular complexity index is 1060. The lowest BCUT2D eigenvalue weighted by molar-refractivity contribution is -0.138. The summed E-state index contributed by atoms with van der Waals surface area (Å²) in [6.45, 7) is 6.56. The average Bonchev–Trinajstić information content (AvgIpc) is 2.80. The van der Waals surface area contributed by atoms with Gasteiger partial charge in [-0.3, -0.25) is 4.79 Å². The molecule has 1 saturated heterocycles. The molecular weight excluding hydrogens is 483 g/mol. The molecule has 2 N–H and O–H groups in total. The van der Waals surface area contributed by atoms with E-state index >= 15 is 0 Å². The molecule has 190 valence electrons. The smallest absolute Gasteiger partial charge is 0.227 e. The Hall–Kier alpha value is -1.79. The number of hydrogen-bond donors (Lipinski definition) is 2. The van der Waals surface area contributed by atoms with Gasteiger partial charge < -0.3 is 20.0 Å². The second kappa shape index (κ2) is 10.7. The predicted molar refractivity (Wildman–Crippen MR) is 141 cm³/mol. The van der Waals surface area contributed by atoms with E-state index in [1.165, 1.54) is 0 Å². The van der Waals surface area contributed by atoms with Crippen LogP contribution in [0.4, 0.5) is 0 Å². The summed E-state index contributed by atoms with van der Waals surface area (Å²) in [5.74, 6) is 0.606. The SMILES string of the molecule is CC(C)CN(C(=O)Cc1ccc(Cl)c(Cl)c1)C1CC(O)C2CN(C)CCC2(c2cccc(O)c2)C1. The lowest BCUT2D eigenvalue weighted by atomic mass is 9.56. The fraction of sp³-hybridized carbons (Fsp3) is 0.536. The van der Waals surface area contributed by atoms with E-state index in [-0.39, 0.29) is 41.4 Å². The number of likely N-dealkylation sites (tertiary alicyclic amines) is 1. The summed E-state index contributed by atoms with van der Waals surface area (Å²) < 4.78 is 0. The summed E-state index contributed by atoms with van der Waals surface area (Å²) in [5.41, 5.74) is 1.59. The van der Waals surface area contributed by atoms with Gasteiger partial charge in [-0.25, -0.2) is 0 Å². The van der Waals surface area contributed by atoms with Crippen LogP contribution >= 0.6 is 23.2 Å². The van der Waals surface area contributed by atoms with Gasteiger partial charge in [-0.1, -0.05) is 55.2 Å². The Kier molecular flexibility index (Phi) is 8.02. The first-order chi connectivity index (χ1) is 16.6. The van der Waals surface area contributed by atoms with Gasteiger partial charge in [0.25, 0.3) is 0 Å². The molecular formula is C28H36Cl2N2O3. The number of nitrogens with zero attached hydrogens (tertiary/aromatic N) is 2. The first-order valence-electron chi connectivity index (χ1n) is 12.5. The van der Waals surface area contributed by atoms with Crippen LogP contribution < -0.4 is 0 Å². The molecule has 0 bridgehead atoms. The van der Waals surface area contributed by atoms with E-state index in [1.807, 2.05) is 23.1 Å². The number of aliphatic hydroxyl groups excluding tert-OH is 1. The standard InChI is InChI=1S/C28H36Cl2N2O3/c1-18(2)16-32(27(35)12-19-7-8-24(29)25(30)11-19)21-14-26(34)23-17-31(3)10-9-28(23,15-21)20-5-4-6-22(33)13-20/h4-8,11,13,18,21,23,26,33-34H,9-10,12,14-17H2,1-3H3. The van der Waals surface area contributed by atoms with Crippen molar-refractivity contribution in [2.45, 2.75) is 57.1 Å². The number of phenols is 1. The van der Waals surface area contributed by atoms with Crippen LogP contribution in [0.3, 0.4) is 0 Å². The van der Waals surface area contributed by atoms with Gasteiger partial charge in [0.2, 0.25) is 5.91 Å². The summed E-state index contributed by atoms with van der Waals surface area (Å²) in [5, 5.41) is 22.6. The highest BCUT2D eigenvalue weighted by molar-refractivity contribution is 6.42. The first kappa shape index (κ1) is 26.3. The number of hydrogen-bond acceptors (Lipinski definition) is 4. The van der Waals surface area contributed by atoms with Crippen molar-refractivity contribution in [1.29, 1.82) is 0 Å². The van der Waals surface area contributed by atoms with Gasteiger partial charge in [0.05, 0.1) is 22.6 Å². The topological polar surface area (TPSA) is 64.0 Å². The van der Waals surface area contributed by atoms with Crippen LogP contribution in [0.25, 0.3) is 0 Å². The highest BCUT2D eigenvalue weighted by Crippen LogP contribution is 2.50. The number of amides is 1. The van der Waals surface area contributed by atoms with E-state index in [0.29, 0.717) is 23.0 Å². The second-order valence-corrected chi connectivity index (χ2v) is 11.7. The maximum atomic E-state index is 13.7. The highest BCUT2D eigenvalue weighted by atomic mass is 35.5. The molecule has 1 saturated carbocycles. The summed E-state index contributed by atoms with van der Waals surface area (Å²) in [7, 11) is 2.09. The molecule has 0 radical (unpaired) electrons. The van der Waals surface area contributed by atoms with Crippen LogP contribution in [-0.2, 0) is 16.6 Å². The number of fused-ring (bicyclic) bond motifs is 1. The molecule has 1 aliphatic heterocycles. The number of piperidine rings is 1.